The van der Waals surface area contributed by atoms with Crippen LogP contribution in [-0.2, 0) is 6.54 Å². The highest BCUT2D eigenvalue weighted by atomic mass is 16.4. The molecule has 1 N–H and O–H groups in total. The number of rotatable bonds is 6. The van der Waals surface area contributed by atoms with Crippen molar-refractivity contribution in [2.24, 2.45) is 0 Å². The van der Waals surface area contributed by atoms with E-state index in [1.807, 2.05) is 47.3 Å². The normalized spacial score (nSPS) is 13.9. The Morgan fingerprint density at radius 3 is 2.73 bits per heavy atom. The SMILES string of the molecule is C[C@H]([C@@H](C)NCc1ncc(-c2ccccc2)o1)n1cccn1. The molecule has 0 aliphatic carbocycles. The summed E-state index contributed by atoms with van der Waals surface area (Å²) in [5.74, 6) is 1.49. The van der Waals surface area contributed by atoms with Crippen LogP contribution in [0.4, 0.5) is 0 Å². The van der Waals surface area contributed by atoms with Crippen LogP contribution in [0.25, 0.3) is 11.3 Å². The van der Waals surface area contributed by atoms with Crippen molar-refractivity contribution in [3.05, 3.63) is 60.9 Å². The summed E-state index contributed by atoms with van der Waals surface area (Å²) < 4.78 is 7.74. The van der Waals surface area contributed by atoms with Gasteiger partial charge in [-0.1, -0.05) is 30.3 Å². The highest BCUT2D eigenvalue weighted by molar-refractivity contribution is 5.55. The quantitative estimate of drug-likeness (QED) is 0.758. The van der Waals surface area contributed by atoms with Gasteiger partial charge in [-0.3, -0.25) is 4.68 Å². The number of hydrogen-bond donors (Lipinski definition) is 1. The number of benzene rings is 1. The second kappa shape index (κ2) is 6.58. The standard InChI is InChI=1S/C17H20N4O/c1-13(14(2)21-10-6-9-20-21)18-12-17-19-11-16(22-17)15-7-4-3-5-8-15/h3-11,13-14,18H,12H2,1-2H3/t13-,14-/m1/s1. The van der Waals surface area contributed by atoms with Gasteiger partial charge in [0.1, 0.15) is 0 Å². The Bertz CT molecular complexity index is 691. The molecule has 0 saturated heterocycles. The largest absolute Gasteiger partial charge is 0.439 e. The van der Waals surface area contributed by atoms with E-state index in [1.165, 1.54) is 0 Å². The lowest BCUT2D eigenvalue weighted by Gasteiger charge is -2.21. The Morgan fingerprint density at radius 1 is 1.18 bits per heavy atom. The second-order valence-corrected chi connectivity index (χ2v) is 5.38. The van der Waals surface area contributed by atoms with Crippen LogP contribution < -0.4 is 5.32 Å². The molecule has 5 nitrogen and oxygen atoms in total. The Morgan fingerprint density at radius 2 is 2.00 bits per heavy atom. The van der Waals surface area contributed by atoms with Gasteiger partial charge in [-0.15, -0.1) is 0 Å². The van der Waals surface area contributed by atoms with Gasteiger partial charge in [0, 0.05) is 24.0 Å². The number of hydrogen-bond acceptors (Lipinski definition) is 4. The maximum atomic E-state index is 5.79. The van der Waals surface area contributed by atoms with Crippen molar-refractivity contribution >= 4 is 0 Å². The van der Waals surface area contributed by atoms with Gasteiger partial charge in [-0.25, -0.2) is 4.98 Å². The van der Waals surface area contributed by atoms with Crippen LogP contribution in [0, 0.1) is 0 Å². The van der Waals surface area contributed by atoms with E-state index in [0.717, 1.165) is 11.3 Å². The third-order valence-electron chi connectivity index (χ3n) is 3.85. The summed E-state index contributed by atoms with van der Waals surface area (Å²) in [7, 11) is 0. The molecule has 0 bridgehead atoms. The highest BCUT2D eigenvalue weighted by Gasteiger charge is 2.15. The van der Waals surface area contributed by atoms with Crippen LogP contribution in [0.2, 0.25) is 0 Å². The fourth-order valence-electron chi connectivity index (χ4n) is 2.30. The molecule has 2 heterocycles. The third kappa shape index (κ3) is 3.26. The number of nitrogens with zero attached hydrogens (tertiary/aromatic N) is 3. The van der Waals surface area contributed by atoms with Gasteiger partial charge >= 0.3 is 0 Å². The average Bonchev–Trinajstić information content (AvgIpc) is 3.24. The molecule has 0 radical (unpaired) electrons. The van der Waals surface area contributed by atoms with E-state index in [0.29, 0.717) is 12.4 Å². The molecule has 0 aliphatic rings. The average molecular weight is 296 g/mol. The van der Waals surface area contributed by atoms with Crippen LogP contribution in [0.3, 0.4) is 0 Å². The molecule has 0 aliphatic heterocycles. The molecule has 2 atom stereocenters. The Hall–Kier alpha value is -2.40. The van der Waals surface area contributed by atoms with Crippen molar-refractivity contribution in [1.29, 1.82) is 0 Å². The van der Waals surface area contributed by atoms with Gasteiger partial charge in [0.15, 0.2) is 5.76 Å². The maximum absolute atomic E-state index is 5.79. The molecule has 0 unspecified atom stereocenters. The summed E-state index contributed by atoms with van der Waals surface area (Å²) in [5.41, 5.74) is 1.04. The Kier molecular flexibility index (Phi) is 4.34. The number of oxazole rings is 1. The number of nitrogens with one attached hydrogen (secondary N) is 1. The molecule has 0 fully saturated rings. The van der Waals surface area contributed by atoms with Crippen molar-refractivity contribution in [3.63, 3.8) is 0 Å². The van der Waals surface area contributed by atoms with Crippen LogP contribution in [0.1, 0.15) is 25.8 Å². The fourth-order valence-corrected chi connectivity index (χ4v) is 2.30. The molecule has 1 aromatic carbocycles. The summed E-state index contributed by atoms with van der Waals surface area (Å²) in [6, 6.07) is 12.4. The van der Waals surface area contributed by atoms with E-state index >= 15 is 0 Å². The van der Waals surface area contributed by atoms with Gasteiger partial charge in [-0.2, -0.15) is 5.10 Å². The molecule has 114 valence electrons. The minimum Gasteiger partial charge on any atom is -0.439 e. The zero-order valence-electron chi connectivity index (χ0n) is 12.8. The lowest BCUT2D eigenvalue weighted by Crippen LogP contribution is -2.33. The van der Waals surface area contributed by atoms with E-state index in [4.69, 9.17) is 4.42 Å². The monoisotopic (exact) mass is 296 g/mol. The van der Waals surface area contributed by atoms with Crippen molar-refractivity contribution in [2.75, 3.05) is 0 Å². The minimum absolute atomic E-state index is 0.256. The predicted molar refractivity (Wildman–Crippen MR) is 85.2 cm³/mol. The smallest absolute Gasteiger partial charge is 0.208 e. The first-order valence-electron chi connectivity index (χ1n) is 7.46. The molecule has 3 aromatic rings. The maximum Gasteiger partial charge on any atom is 0.208 e. The van der Waals surface area contributed by atoms with Crippen LogP contribution in [0.5, 0.6) is 0 Å². The van der Waals surface area contributed by atoms with Gasteiger partial charge in [0.25, 0.3) is 0 Å². The Balaban J connectivity index is 1.59. The van der Waals surface area contributed by atoms with Crippen LogP contribution >= 0.6 is 0 Å². The molecule has 0 saturated carbocycles. The minimum atomic E-state index is 0.256. The summed E-state index contributed by atoms with van der Waals surface area (Å²) in [6.07, 6.45) is 5.54. The zero-order chi connectivity index (χ0) is 15.4. The fraction of sp³-hybridized carbons (Fsp3) is 0.294. The topological polar surface area (TPSA) is 55.9 Å². The summed E-state index contributed by atoms with van der Waals surface area (Å²) in [6.45, 7) is 4.86. The first kappa shape index (κ1) is 14.5. The van der Waals surface area contributed by atoms with Gasteiger partial charge in [0.05, 0.1) is 18.8 Å². The van der Waals surface area contributed by atoms with Gasteiger partial charge < -0.3 is 9.73 Å². The summed E-state index contributed by atoms with van der Waals surface area (Å²) in [5, 5.41) is 7.71. The molecule has 22 heavy (non-hydrogen) atoms. The molecular formula is C17H20N4O. The van der Waals surface area contributed by atoms with E-state index in [-0.39, 0.29) is 12.1 Å². The van der Waals surface area contributed by atoms with Gasteiger partial charge in [-0.05, 0) is 19.9 Å². The van der Waals surface area contributed by atoms with E-state index < -0.39 is 0 Å². The lowest BCUT2D eigenvalue weighted by atomic mass is 10.2. The Labute approximate surface area is 130 Å². The predicted octanol–water partition coefficient (Wildman–Crippen LogP) is 3.28. The van der Waals surface area contributed by atoms with Crippen molar-refractivity contribution in [2.45, 2.75) is 32.5 Å². The first-order valence-corrected chi connectivity index (χ1v) is 7.46. The van der Waals surface area contributed by atoms with Crippen LogP contribution in [0.15, 0.2) is 59.4 Å². The molecule has 0 spiro atoms. The molecular weight excluding hydrogens is 276 g/mol. The van der Waals surface area contributed by atoms with Crippen molar-refractivity contribution in [3.8, 4) is 11.3 Å². The first-order chi connectivity index (χ1) is 10.7. The number of aromatic nitrogens is 3. The van der Waals surface area contributed by atoms with E-state index in [1.54, 1.807) is 12.4 Å². The van der Waals surface area contributed by atoms with Gasteiger partial charge in [0.2, 0.25) is 5.89 Å². The molecule has 0 amide bonds. The van der Waals surface area contributed by atoms with E-state index in [9.17, 15) is 0 Å². The van der Waals surface area contributed by atoms with E-state index in [2.05, 4.69) is 29.2 Å². The molecule has 2 aromatic heterocycles. The van der Waals surface area contributed by atoms with Crippen LogP contribution in [-0.4, -0.2) is 20.8 Å². The molecule has 3 rings (SSSR count). The third-order valence-corrected chi connectivity index (χ3v) is 3.85. The van der Waals surface area contributed by atoms with Crippen molar-refractivity contribution in [1.82, 2.24) is 20.1 Å². The highest BCUT2D eigenvalue weighted by Crippen LogP contribution is 2.19. The molecule has 5 heteroatoms. The zero-order valence-corrected chi connectivity index (χ0v) is 12.8. The lowest BCUT2D eigenvalue weighted by molar-refractivity contribution is 0.349. The summed E-state index contributed by atoms with van der Waals surface area (Å²) in [4.78, 5) is 4.34. The summed E-state index contributed by atoms with van der Waals surface area (Å²) >= 11 is 0. The second-order valence-electron chi connectivity index (χ2n) is 5.38. The van der Waals surface area contributed by atoms with Crippen molar-refractivity contribution < 1.29 is 4.42 Å².